The minimum Gasteiger partial charge on any atom is -0.445 e. The summed E-state index contributed by atoms with van der Waals surface area (Å²) in [5, 5.41) is 29.2. The third kappa shape index (κ3) is 29.3. The molecule has 6 spiro atoms. The molecule has 13 saturated heterocycles. The zero-order valence-corrected chi connectivity index (χ0v) is 79.7. The first kappa shape index (κ1) is 104. The van der Waals surface area contributed by atoms with Crippen molar-refractivity contribution in [3.63, 3.8) is 0 Å². The van der Waals surface area contributed by atoms with E-state index in [4.69, 9.17) is 72.7 Å². The molecular formula is C102H129N17O21. The highest BCUT2D eigenvalue weighted by molar-refractivity contribution is 5.99. The predicted octanol–water partition coefficient (Wildman–Crippen LogP) is 7.35. The van der Waals surface area contributed by atoms with Crippen LogP contribution in [0, 0.1) is 18.6 Å². The molecule has 0 unspecified atom stereocenters. The van der Waals surface area contributed by atoms with Gasteiger partial charge in [0, 0.05) is 154 Å². The smallest absolute Gasteiger partial charge is 0.410 e. The predicted molar refractivity (Wildman–Crippen MR) is 513 cm³/mol. The number of morpholine rings is 5. The van der Waals surface area contributed by atoms with Crippen LogP contribution in [-0.4, -0.2) is 340 Å². The number of likely N-dealkylation sites (N-methyl/N-ethyl adjacent to an activating group) is 2. The van der Waals surface area contributed by atoms with Gasteiger partial charge in [-0.3, -0.25) is 43.8 Å². The van der Waals surface area contributed by atoms with Crippen molar-refractivity contribution in [3.05, 3.63) is 226 Å². The number of likely N-dealkylation sites (tertiary alicyclic amines) is 6. The Morgan fingerprint density at radius 3 is 0.929 bits per heavy atom. The molecule has 0 radical (unpaired) electrons. The van der Waals surface area contributed by atoms with Gasteiger partial charge in [0.1, 0.15) is 58.7 Å². The van der Waals surface area contributed by atoms with E-state index in [0.29, 0.717) is 164 Å². The number of hydrogen-bond acceptors (Lipinski definition) is 24. The topological polar surface area (TPSA) is 453 Å². The summed E-state index contributed by atoms with van der Waals surface area (Å²) in [4.78, 5) is 150. The number of rotatable bonds is 11. The lowest BCUT2D eigenvalue weighted by Crippen LogP contribution is -2.58. The summed E-state index contributed by atoms with van der Waals surface area (Å²) < 4.78 is 49.8. The Morgan fingerprint density at radius 2 is 0.650 bits per heavy atom. The van der Waals surface area contributed by atoms with E-state index in [1.54, 1.807) is 116 Å². The van der Waals surface area contributed by atoms with E-state index >= 15 is 0 Å². The van der Waals surface area contributed by atoms with Gasteiger partial charge >= 0.3 is 18.3 Å². The SMILES string of the molecule is CN1CC2(CCN(C(=O)c3ccc(C(=N)N)cc3)CC2)OCC1=O.NCC1(O)CCN(C(=O)OCc2ccccc2)CC1.O=C(OCc1ccccc1)N1CCC2(CC1)CO2.O=C1COC2(CCN(C(=O)OCc3ccccc3)CC2)CN1.O=C1COC2(CCNCC2)CN1.[C-]#[N+]c1ccc(C(=O)N2CCC3(CC2)CN(C)C(=O)CO3)cc1.[C-]#[N+]c1ccc(C(=O)N2CCC3(CC2)CNC(=O)CO3)cc1. The minimum atomic E-state index is -0.823. The number of carbonyl (C=O) groups is 11. The second kappa shape index (κ2) is 48.7. The van der Waals surface area contributed by atoms with Crippen molar-refractivity contribution < 1.29 is 100 Å². The van der Waals surface area contributed by atoms with Crippen LogP contribution in [0.4, 0.5) is 25.8 Å². The van der Waals surface area contributed by atoms with Crippen LogP contribution in [-0.2, 0) is 86.4 Å². The van der Waals surface area contributed by atoms with Gasteiger partial charge in [0.15, 0.2) is 11.4 Å². The highest BCUT2D eigenvalue weighted by Crippen LogP contribution is 2.39. The number of nitrogens with one attached hydrogen (secondary N) is 5. The zero-order chi connectivity index (χ0) is 99.3. The van der Waals surface area contributed by atoms with E-state index in [1.807, 2.05) is 101 Å². The fraction of sp³-hybridized carbons (Fsp3) is 0.510. The summed E-state index contributed by atoms with van der Waals surface area (Å²) in [6.45, 7) is 28.8. The standard InChI is InChI=1S/C17H22N4O3.C17H19N3O3.C16H17N3O3.C16H20N2O4.C14H20N2O3.C14H17NO3.C8H14N2O2/c1-20-11-17(24-10-14(20)22)6-8-21(9-7-17)16(23)13-4-2-12(3-5-13)15(18)19;1-18-14-5-3-13(4-6-14)16(22)20-9-7-17(8-10-20)12-19(2)15(21)11-23-17;1-17-13-4-2-12(3-5-13)15(21)19-8-6-16(7-9-19)11-18-14(20)10-22-16;19-14-11-22-16(12-17-14)6-8-18(9-7-16)15(20)21-10-13-4-2-1-3-5-13;15-11-14(18)6-8-16(9-7-14)13(17)19-10-12-4-2-1-3-5-12;16-13(17-10-12-4-2-1-3-5-12)15-8-6-14(7-9-15)11-18-14;11-7-5-12-8(6-10-7)1-3-9-4-2-8/h2-5H,6-11H2,1H3,(H3,18,19);3-6H,7-12H2,2H3;2-5H,6-11H2,(H,18,20);1-5H,6-12H2,(H,17,19);1-5,18H,6-11,15H2;1-5H,6-11H2;9H,1-6H2,(H,10,11). The molecule has 748 valence electrons. The van der Waals surface area contributed by atoms with Crippen LogP contribution in [0.2, 0.25) is 0 Å². The van der Waals surface area contributed by atoms with Crippen molar-refractivity contribution >= 4 is 82.7 Å². The van der Waals surface area contributed by atoms with Crippen LogP contribution in [0.3, 0.4) is 0 Å². The largest absolute Gasteiger partial charge is 0.445 e. The van der Waals surface area contributed by atoms with Gasteiger partial charge in [-0.2, -0.15) is 0 Å². The molecule has 0 aliphatic carbocycles. The lowest BCUT2D eigenvalue weighted by molar-refractivity contribution is -0.167. The molecule has 19 rings (SSSR count). The van der Waals surface area contributed by atoms with Gasteiger partial charge in [-0.25, -0.2) is 24.1 Å². The summed E-state index contributed by atoms with van der Waals surface area (Å²) in [6, 6.07) is 49.1. The van der Waals surface area contributed by atoms with Gasteiger partial charge in [-0.15, -0.1) is 0 Å². The second-order valence-electron chi connectivity index (χ2n) is 37.6. The first-order valence-electron chi connectivity index (χ1n) is 47.8. The van der Waals surface area contributed by atoms with Crippen LogP contribution in [0.5, 0.6) is 0 Å². The van der Waals surface area contributed by atoms with Crippen LogP contribution < -0.4 is 32.7 Å². The van der Waals surface area contributed by atoms with Gasteiger partial charge in [-0.1, -0.05) is 152 Å². The molecule has 0 aromatic heterocycles. The van der Waals surface area contributed by atoms with Gasteiger partial charge in [0.25, 0.3) is 17.7 Å². The minimum absolute atomic E-state index is 0.00434. The number of benzene rings is 6. The fourth-order valence-corrected chi connectivity index (χ4v) is 18.3. The molecule has 38 nitrogen and oxygen atoms in total. The van der Waals surface area contributed by atoms with Gasteiger partial charge in [0.05, 0.1) is 59.0 Å². The van der Waals surface area contributed by atoms with Crippen molar-refractivity contribution in [2.45, 2.75) is 149 Å². The number of hydrogen-bond donors (Lipinski definition) is 8. The molecule has 0 bridgehead atoms. The number of amidine groups is 1. The number of nitrogens with zero attached hydrogens (tertiary/aromatic N) is 10. The normalized spacial score (nSPS) is 20.8. The highest BCUT2D eigenvalue weighted by Gasteiger charge is 2.49. The molecule has 13 fully saturated rings. The van der Waals surface area contributed by atoms with Crippen LogP contribution in [0.25, 0.3) is 9.69 Å². The Balaban J connectivity index is 0.000000138. The van der Waals surface area contributed by atoms with Crippen molar-refractivity contribution in [3.8, 4) is 0 Å². The number of ether oxygens (including phenoxy) is 9. The summed E-state index contributed by atoms with van der Waals surface area (Å²) in [5.41, 5.74) is 15.3. The fourth-order valence-electron chi connectivity index (χ4n) is 18.3. The number of epoxide rings is 1. The molecule has 11 amide bonds. The van der Waals surface area contributed by atoms with E-state index in [-0.39, 0.29) is 158 Å². The van der Waals surface area contributed by atoms with E-state index in [0.717, 1.165) is 114 Å². The summed E-state index contributed by atoms with van der Waals surface area (Å²) in [5.74, 6) is -0.206. The lowest BCUT2D eigenvalue weighted by atomic mass is 9.89. The number of nitrogen functional groups attached to an aromatic ring is 1. The summed E-state index contributed by atoms with van der Waals surface area (Å²) in [6.07, 6.45) is 9.85. The van der Waals surface area contributed by atoms with E-state index in [9.17, 15) is 57.8 Å². The molecule has 13 aliphatic rings. The zero-order valence-electron chi connectivity index (χ0n) is 79.7. The highest BCUT2D eigenvalue weighted by atomic mass is 16.6. The molecule has 6 aromatic carbocycles. The van der Waals surface area contributed by atoms with Crippen LogP contribution >= 0.6 is 0 Å². The van der Waals surface area contributed by atoms with E-state index in [2.05, 4.69) is 31.0 Å². The van der Waals surface area contributed by atoms with Crippen molar-refractivity contribution in [1.29, 1.82) is 5.41 Å². The Bertz CT molecular complexity index is 5270. The Labute approximate surface area is 815 Å². The third-order valence-electron chi connectivity index (χ3n) is 28.0. The lowest BCUT2D eigenvalue weighted by Gasteiger charge is -2.46. The molecular weight excluding hydrogens is 1800 g/mol. The maximum atomic E-state index is 12.6. The average molecular weight is 1930 g/mol. The maximum Gasteiger partial charge on any atom is 0.410 e. The summed E-state index contributed by atoms with van der Waals surface area (Å²) in [7, 11) is 3.59. The van der Waals surface area contributed by atoms with E-state index in [1.165, 1.54) is 0 Å². The number of nitrogens with two attached hydrogens (primary N) is 2. The number of amides is 11. The monoisotopic (exact) mass is 1930 g/mol. The number of piperidine rings is 7. The molecule has 10 N–H and O–H groups in total. The first-order chi connectivity index (χ1) is 67.4. The number of aliphatic hydroxyl groups is 1. The van der Waals surface area contributed by atoms with E-state index < -0.39 is 5.60 Å². The quantitative estimate of drug-likeness (QED) is 0.0206. The molecule has 38 heteroatoms. The van der Waals surface area contributed by atoms with Crippen molar-refractivity contribution in [1.82, 2.24) is 60.5 Å². The average Bonchev–Trinajstić information content (AvgIpc) is 1.74. The Morgan fingerprint density at radius 1 is 0.379 bits per heavy atom. The molecule has 13 heterocycles. The first-order valence-corrected chi connectivity index (χ1v) is 47.8. The summed E-state index contributed by atoms with van der Waals surface area (Å²) >= 11 is 0. The van der Waals surface area contributed by atoms with Crippen LogP contribution in [0.1, 0.15) is 143 Å². The number of carbonyl (C=O) groups excluding carboxylic acids is 11. The van der Waals surface area contributed by atoms with Gasteiger partial charge in [-0.05, 0) is 132 Å². The van der Waals surface area contributed by atoms with Crippen molar-refractivity contribution in [2.75, 3.05) is 185 Å². The molecule has 0 saturated carbocycles. The Kier molecular flexibility index (Phi) is 36.3. The second-order valence-corrected chi connectivity index (χ2v) is 37.6. The van der Waals surface area contributed by atoms with Crippen LogP contribution in [0.15, 0.2) is 164 Å². The van der Waals surface area contributed by atoms with Crippen molar-refractivity contribution in [2.24, 2.45) is 11.5 Å². The molecule has 0 atom stereocenters. The molecule has 13 aliphatic heterocycles. The van der Waals surface area contributed by atoms with Gasteiger partial charge in [0.2, 0.25) is 29.5 Å². The molecule has 140 heavy (non-hydrogen) atoms. The van der Waals surface area contributed by atoms with Gasteiger partial charge < -0.3 is 120 Å². The Hall–Kier alpha value is -13.0. The maximum absolute atomic E-state index is 12.6. The molecule has 6 aromatic rings. The third-order valence-corrected chi connectivity index (χ3v) is 28.0.